The highest BCUT2D eigenvalue weighted by Crippen LogP contribution is 2.26. The van der Waals surface area contributed by atoms with Gasteiger partial charge in [0.15, 0.2) is 17.2 Å². The van der Waals surface area contributed by atoms with E-state index < -0.39 is 11.8 Å². The number of pyridine rings is 2. The molecule has 0 amide bonds. The number of imidazole rings is 1. The number of esters is 1. The van der Waals surface area contributed by atoms with Crippen molar-refractivity contribution in [3.05, 3.63) is 94.4 Å². The molecule has 5 heterocycles. The summed E-state index contributed by atoms with van der Waals surface area (Å²) in [4.78, 5) is 28.1. The standard InChI is InChI=1S/C30H27FN8O4/c1-41-11-10-38-27(33-23-8-9-24(30(40)42-2)34-29(23)38)17-37-14-21-15-39(36-25(21)16-37)26-4-3-5-28(35-26)43-18-20-7-6-19(13-32)12-22(20)31/h3-9,12,15H,10-11,14,16-18H2,1-2H3. The van der Waals surface area contributed by atoms with Crippen LogP contribution in [0.2, 0.25) is 0 Å². The monoisotopic (exact) mass is 582 g/mol. The van der Waals surface area contributed by atoms with Gasteiger partial charge in [0.05, 0.1) is 37.6 Å². The summed E-state index contributed by atoms with van der Waals surface area (Å²) in [7, 11) is 2.96. The van der Waals surface area contributed by atoms with Gasteiger partial charge in [0.1, 0.15) is 23.8 Å². The van der Waals surface area contributed by atoms with Gasteiger partial charge in [-0.1, -0.05) is 12.1 Å². The average Bonchev–Trinajstić information content (AvgIpc) is 3.70. The third-order valence-corrected chi connectivity index (χ3v) is 7.10. The first-order chi connectivity index (χ1) is 20.9. The summed E-state index contributed by atoms with van der Waals surface area (Å²) in [6.45, 7) is 2.81. The number of benzene rings is 1. The third kappa shape index (κ3) is 5.78. The molecule has 0 N–H and O–H groups in total. The highest BCUT2D eigenvalue weighted by atomic mass is 19.1. The molecular formula is C30H27FN8O4. The van der Waals surface area contributed by atoms with E-state index in [1.165, 1.54) is 19.2 Å². The Morgan fingerprint density at radius 3 is 2.74 bits per heavy atom. The fourth-order valence-electron chi connectivity index (χ4n) is 4.95. The van der Waals surface area contributed by atoms with Crippen LogP contribution in [0, 0.1) is 17.1 Å². The number of carbonyl (C=O) groups is 1. The van der Waals surface area contributed by atoms with Crippen LogP contribution in [-0.4, -0.2) is 61.0 Å². The number of fused-ring (bicyclic) bond motifs is 2. The van der Waals surface area contributed by atoms with E-state index in [4.69, 9.17) is 29.6 Å². The molecule has 13 heteroatoms. The first-order valence-corrected chi connectivity index (χ1v) is 13.5. The Labute approximate surface area is 245 Å². The molecule has 0 fully saturated rings. The van der Waals surface area contributed by atoms with Crippen molar-refractivity contribution in [2.75, 3.05) is 20.8 Å². The summed E-state index contributed by atoms with van der Waals surface area (Å²) in [6.07, 6.45) is 1.94. The van der Waals surface area contributed by atoms with E-state index in [-0.39, 0.29) is 17.9 Å². The van der Waals surface area contributed by atoms with Crippen LogP contribution < -0.4 is 4.74 Å². The minimum Gasteiger partial charge on any atom is -0.473 e. The van der Waals surface area contributed by atoms with Crippen LogP contribution in [0.15, 0.2) is 54.7 Å². The van der Waals surface area contributed by atoms with Gasteiger partial charge in [-0.05, 0) is 30.3 Å². The van der Waals surface area contributed by atoms with Gasteiger partial charge in [-0.2, -0.15) is 15.3 Å². The van der Waals surface area contributed by atoms with Gasteiger partial charge < -0.3 is 18.8 Å². The van der Waals surface area contributed by atoms with E-state index in [1.807, 2.05) is 22.9 Å². The molecule has 4 aromatic heterocycles. The molecule has 0 unspecified atom stereocenters. The summed E-state index contributed by atoms with van der Waals surface area (Å²) in [5.41, 5.74) is 4.10. The lowest BCUT2D eigenvalue weighted by Crippen LogP contribution is -2.21. The number of aromatic nitrogens is 6. The molecule has 0 aliphatic carbocycles. The number of nitriles is 1. The van der Waals surface area contributed by atoms with Crippen LogP contribution in [0.3, 0.4) is 0 Å². The van der Waals surface area contributed by atoms with Gasteiger partial charge in [0.25, 0.3) is 0 Å². The van der Waals surface area contributed by atoms with Gasteiger partial charge in [-0.3, -0.25) is 4.90 Å². The maximum atomic E-state index is 14.2. The number of methoxy groups -OCH3 is 2. The Bertz CT molecular complexity index is 1840. The molecule has 0 bridgehead atoms. The number of halogens is 1. The zero-order chi connectivity index (χ0) is 29.9. The molecule has 0 saturated heterocycles. The van der Waals surface area contributed by atoms with E-state index in [9.17, 15) is 9.18 Å². The number of nitrogens with zero attached hydrogens (tertiary/aromatic N) is 8. The Morgan fingerprint density at radius 2 is 1.98 bits per heavy atom. The zero-order valence-corrected chi connectivity index (χ0v) is 23.5. The van der Waals surface area contributed by atoms with E-state index in [1.54, 1.807) is 42.1 Å². The summed E-state index contributed by atoms with van der Waals surface area (Å²) < 4.78 is 33.8. The molecule has 43 heavy (non-hydrogen) atoms. The van der Waals surface area contributed by atoms with Gasteiger partial charge in [0, 0.05) is 50.1 Å². The predicted octanol–water partition coefficient (Wildman–Crippen LogP) is 3.55. The molecule has 0 atom stereocenters. The highest BCUT2D eigenvalue weighted by Gasteiger charge is 2.26. The Balaban J connectivity index is 1.15. The molecular weight excluding hydrogens is 555 g/mol. The summed E-state index contributed by atoms with van der Waals surface area (Å²) in [6, 6.07) is 14.9. The molecule has 218 valence electrons. The minimum absolute atomic E-state index is 0.0206. The Kier molecular flexibility index (Phi) is 7.78. The van der Waals surface area contributed by atoms with Gasteiger partial charge >= 0.3 is 5.97 Å². The molecule has 1 aliphatic heterocycles. The Hall–Kier alpha value is -5.19. The summed E-state index contributed by atoms with van der Waals surface area (Å²) in [5, 5.41) is 13.7. The van der Waals surface area contributed by atoms with E-state index in [0.29, 0.717) is 61.2 Å². The second kappa shape index (κ2) is 12.0. The molecule has 1 aliphatic rings. The van der Waals surface area contributed by atoms with E-state index in [0.717, 1.165) is 17.1 Å². The second-order valence-electron chi connectivity index (χ2n) is 9.93. The molecule has 0 saturated carbocycles. The van der Waals surface area contributed by atoms with Crippen LogP contribution in [0.25, 0.3) is 17.0 Å². The zero-order valence-electron chi connectivity index (χ0n) is 23.5. The average molecular weight is 583 g/mol. The SMILES string of the molecule is COCCn1c(CN2Cc3cn(-c4cccc(OCc5ccc(C#N)cc5F)n4)nc3C2)nc2ccc(C(=O)OC)nc21. The van der Waals surface area contributed by atoms with Crippen LogP contribution in [0.4, 0.5) is 4.39 Å². The largest absolute Gasteiger partial charge is 0.473 e. The number of hydrogen-bond donors (Lipinski definition) is 0. The lowest BCUT2D eigenvalue weighted by atomic mass is 10.1. The third-order valence-electron chi connectivity index (χ3n) is 7.10. The first kappa shape index (κ1) is 28.0. The maximum absolute atomic E-state index is 14.2. The molecule has 0 spiro atoms. The number of hydrogen-bond acceptors (Lipinski definition) is 10. The minimum atomic E-state index is -0.503. The fraction of sp³-hybridized carbons (Fsp3) is 0.267. The van der Waals surface area contributed by atoms with Crippen molar-refractivity contribution in [1.82, 2.24) is 34.2 Å². The Morgan fingerprint density at radius 1 is 1.09 bits per heavy atom. The van der Waals surface area contributed by atoms with Crippen molar-refractivity contribution in [3.8, 4) is 17.8 Å². The maximum Gasteiger partial charge on any atom is 0.356 e. The van der Waals surface area contributed by atoms with Gasteiger partial charge in [-0.15, -0.1) is 0 Å². The smallest absolute Gasteiger partial charge is 0.356 e. The van der Waals surface area contributed by atoms with Crippen LogP contribution in [0.5, 0.6) is 5.88 Å². The van der Waals surface area contributed by atoms with Gasteiger partial charge in [0.2, 0.25) is 5.88 Å². The van der Waals surface area contributed by atoms with Crippen molar-refractivity contribution < 1.29 is 23.4 Å². The quantitative estimate of drug-likeness (QED) is 0.225. The lowest BCUT2D eigenvalue weighted by Gasteiger charge is -2.16. The van der Waals surface area contributed by atoms with E-state index >= 15 is 0 Å². The van der Waals surface area contributed by atoms with Crippen molar-refractivity contribution in [2.45, 2.75) is 32.8 Å². The van der Waals surface area contributed by atoms with Gasteiger partial charge in [-0.25, -0.2) is 23.8 Å². The van der Waals surface area contributed by atoms with Crippen molar-refractivity contribution >= 4 is 17.1 Å². The van der Waals surface area contributed by atoms with Crippen molar-refractivity contribution in [3.63, 3.8) is 0 Å². The normalized spacial score (nSPS) is 12.8. The lowest BCUT2D eigenvalue weighted by molar-refractivity contribution is 0.0594. The summed E-state index contributed by atoms with van der Waals surface area (Å²) in [5.74, 6) is 0.714. The number of carbonyl (C=O) groups excluding carboxylic acids is 1. The number of ether oxygens (including phenoxy) is 3. The van der Waals surface area contributed by atoms with Crippen LogP contribution in [-0.2, 0) is 42.3 Å². The molecule has 5 aromatic rings. The predicted molar refractivity (Wildman–Crippen MR) is 151 cm³/mol. The fourth-order valence-corrected chi connectivity index (χ4v) is 4.95. The topological polar surface area (TPSA) is 133 Å². The molecule has 12 nitrogen and oxygen atoms in total. The van der Waals surface area contributed by atoms with Crippen molar-refractivity contribution in [1.29, 1.82) is 5.26 Å². The first-order valence-electron chi connectivity index (χ1n) is 13.5. The summed E-state index contributed by atoms with van der Waals surface area (Å²) >= 11 is 0. The van der Waals surface area contributed by atoms with Crippen LogP contribution in [0.1, 0.15) is 38.7 Å². The number of rotatable bonds is 10. The molecule has 1 aromatic carbocycles. The van der Waals surface area contributed by atoms with Crippen molar-refractivity contribution in [2.24, 2.45) is 0 Å². The molecule has 6 rings (SSSR count). The molecule has 0 radical (unpaired) electrons. The van der Waals surface area contributed by atoms with E-state index in [2.05, 4.69) is 14.9 Å². The van der Waals surface area contributed by atoms with Crippen LogP contribution >= 0.6 is 0 Å². The second-order valence-corrected chi connectivity index (χ2v) is 9.93. The highest BCUT2D eigenvalue weighted by molar-refractivity contribution is 5.89.